The molecule has 12 rings (SSSR count). The minimum absolute atomic E-state index is 0.877. The molecule has 0 N–H and O–H groups in total. The third-order valence-electron chi connectivity index (χ3n) is 12.5. The summed E-state index contributed by atoms with van der Waals surface area (Å²) in [4.78, 5) is 2.39. The summed E-state index contributed by atoms with van der Waals surface area (Å²) in [5.74, 6) is 0. The minimum atomic E-state index is 0.877. The van der Waals surface area contributed by atoms with Gasteiger partial charge in [0.25, 0.3) is 0 Å². The van der Waals surface area contributed by atoms with Crippen LogP contribution < -0.4 is 4.90 Å². The first-order valence-electron chi connectivity index (χ1n) is 21.2. The van der Waals surface area contributed by atoms with Crippen LogP contribution in [0, 0.1) is 0 Å². The topological polar surface area (TPSA) is 16.4 Å². The van der Waals surface area contributed by atoms with Crippen molar-refractivity contribution in [3.63, 3.8) is 0 Å². The Morgan fingerprint density at radius 1 is 0.210 bits per heavy atom. The van der Waals surface area contributed by atoms with Crippen LogP contribution in [0.25, 0.3) is 98.1 Å². The highest BCUT2D eigenvalue weighted by molar-refractivity contribution is 6.28. The second-order valence-electron chi connectivity index (χ2n) is 16.0. The van der Waals surface area contributed by atoms with Gasteiger partial charge in [0.05, 0.1) is 0 Å². The molecule has 0 saturated heterocycles. The number of hydrogen-bond acceptors (Lipinski definition) is 2. The number of hydrogen-bond donors (Lipinski definition) is 0. The van der Waals surface area contributed by atoms with Gasteiger partial charge in [-0.3, -0.25) is 0 Å². The zero-order valence-corrected chi connectivity index (χ0v) is 33.9. The highest BCUT2D eigenvalue weighted by atomic mass is 16.3. The van der Waals surface area contributed by atoms with Crippen molar-refractivity contribution in [2.24, 2.45) is 0 Å². The smallest absolute Gasteiger partial charge is 0.136 e. The monoisotopic (exact) mass is 789 g/mol. The molecule has 0 aliphatic carbocycles. The molecule has 0 amide bonds. The van der Waals surface area contributed by atoms with E-state index in [0.717, 1.165) is 60.5 Å². The van der Waals surface area contributed by atoms with Gasteiger partial charge in [0, 0.05) is 27.8 Å². The number of nitrogens with zero attached hydrogens (tertiary/aromatic N) is 1. The molecule has 0 radical (unpaired) electrons. The molecule has 0 atom stereocenters. The van der Waals surface area contributed by atoms with E-state index in [1.165, 1.54) is 54.6 Å². The third-order valence-corrected chi connectivity index (χ3v) is 12.5. The van der Waals surface area contributed by atoms with Gasteiger partial charge < -0.3 is 9.32 Å². The van der Waals surface area contributed by atoms with Crippen LogP contribution in [-0.4, -0.2) is 0 Å². The predicted molar refractivity (Wildman–Crippen MR) is 264 cm³/mol. The van der Waals surface area contributed by atoms with Gasteiger partial charge in [-0.1, -0.05) is 182 Å². The van der Waals surface area contributed by atoms with Gasteiger partial charge in [-0.15, -0.1) is 0 Å². The van der Waals surface area contributed by atoms with Crippen molar-refractivity contribution < 1.29 is 4.42 Å². The van der Waals surface area contributed by atoms with Gasteiger partial charge in [-0.05, 0) is 131 Å². The minimum Gasteiger partial charge on any atom is -0.456 e. The standard InChI is InChI=1S/C60H39NO/c1-3-15-40(16-4-1)42-27-31-44(32-28-42)61(45-33-29-43(30-34-45)41-17-5-2-6-18-41)46-35-36-53-51-23-10-9-21-49(51)47-19-7-8-20-48(47)50-22-11-12-24-52(50)57-39-60-58(38-56(57)55(53)37-46)54-25-13-14-26-59(54)62-60/h1-39H. The van der Waals surface area contributed by atoms with Crippen molar-refractivity contribution in [1.82, 2.24) is 0 Å². The van der Waals surface area contributed by atoms with Crippen LogP contribution in [0.2, 0.25) is 0 Å². The fourth-order valence-electron chi connectivity index (χ4n) is 9.52. The van der Waals surface area contributed by atoms with Crippen LogP contribution in [0.4, 0.5) is 17.1 Å². The lowest BCUT2D eigenvalue weighted by Gasteiger charge is -2.26. The zero-order valence-electron chi connectivity index (χ0n) is 33.9. The average molecular weight is 790 g/mol. The van der Waals surface area contributed by atoms with Gasteiger partial charge in [0.15, 0.2) is 0 Å². The molecule has 0 spiro atoms. The molecular weight excluding hydrogens is 751 g/mol. The van der Waals surface area contributed by atoms with E-state index in [9.17, 15) is 0 Å². The van der Waals surface area contributed by atoms with Crippen LogP contribution in [0.5, 0.6) is 0 Å². The van der Waals surface area contributed by atoms with Crippen LogP contribution in [0.15, 0.2) is 241 Å². The lowest BCUT2D eigenvalue weighted by molar-refractivity contribution is 0.669. The fourth-order valence-corrected chi connectivity index (χ4v) is 9.52. The van der Waals surface area contributed by atoms with Crippen molar-refractivity contribution in [3.05, 3.63) is 237 Å². The third kappa shape index (κ3) is 6.04. The van der Waals surface area contributed by atoms with Crippen molar-refractivity contribution in [2.45, 2.75) is 0 Å². The SMILES string of the molecule is c1ccc(-c2ccc(N(c3ccc(-c4ccccc4)cc3)c3ccc4c5ccccc5c5ccccc5c5ccccc5c5cc6oc7ccccc7c6cc5c4c3)cc2)cc1. The maximum Gasteiger partial charge on any atom is 0.136 e. The lowest BCUT2D eigenvalue weighted by atomic mass is 9.93. The van der Waals surface area contributed by atoms with Gasteiger partial charge in [0.2, 0.25) is 0 Å². The second kappa shape index (κ2) is 14.8. The summed E-state index contributed by atoms with van der Waals surface area (Å²) in [5.41, 5.74) is 9.73. The van der Waals surface area contributed by atoms with Crippen molar-refractivity contribution in [1.29, 1.82) is 0 Å². The first-order chi connectivity index (χ1) is 30.7. The maximum absolute atomic E-state index is 6.63. The van der Waals surface area contributed by atoms with E-state index in [0.29, 0.717) is 0 Å². The van der Waals surface area contributed by atoms with E-state index in [2.05, 4.69) is 235 Å². The quantitative estimate of drug-likeness (QED) is 0.173. The first-order valence-corrected chi connectivity index (χ1v) is 21.2. The summed E-state index contributed by atoms with van der Waals surface area (Å²) in [6.07, 6.45) is 0. The summed E-state index contributed by atoms with van der Waals surface area (Å²) in [7, 11) is 0. The molecule has 2 nitrogen and oxygen atoms in total. The summed E-state index contributed by atoms with van der Waals surface area (Å²) >= 11 is 0. The Morgan fingerprint density at radius 2 is 0.565 bits per heavy atom. The highest BCUT2D eigenvalue weighted by Crippen LogP contribution is 2.43. The van der Waals surface area contributed by atoms with Crippen LogP contribution in [0.1, 0.15) is 0 Å². The summed E-state index contributed by atoms with van der Waals surface area (Å²) < 4.78 is 6.63. The Kier molecular flexibility index (Phi) is 8.53. The number of furan rings is 1. The van der Waals surface area contributed by atoms with Crippen molar-refractivity contribution >= 4 is 92.9 Å². The molecular formula is C60H39NO. The number of rotatable bonds is 5. The molecule has 0 unspecified atom stereocenters. The Hall–Kier alpha value is -8.20. The Labute approximate surface area is 359 Å². The Morgan fingerprint density at radius 3 is 1.06 bits per heavy atom. The van der Waals surface area contributed by atoms with Crippen LogP contribution >= 0.6 is 0 Å². The van der Waals surface area contributed by atoms with Gasteiger partial charge >= 0.3 is 0 Å². The second-order valence-corrected chi connectivity index (χ2v) is 16.0. The molecule has 0 saturated carbocycles. The molecule has 0 fully saturated rings. The summed E-state index contributed by atoms with van der Waals surface area (Å²) in [6, 6.07) is 85.8. The Balaban J connectivity index is 1.21. The van der Waals surface area contributed by atoms with E-state index < -0.39 is 0 Å². The van der Waals surface area contributed by atoms with E-state index in [-0.39, 0.29) is 0 Å². The lowest BCUT2D eigenvalue weighted by Crippen LogP contribution is -2.09. The van der Waals surface area contributed by atoms with E-state index in [1.807, 2.05) is 6.07 Å². The molecule has 11 aromatic carbocycles. The first kappa shape index (κ1) is 35.7. The van der Waals surface area contributed by atoms with E-state index in [4.69, 9.17) is 4.42 Å². The van der Waals surface area contributed by atoms with Gasteiger partial charge in [-0.2, -0.15) is 0 Å². The molecule has 1 heterocycles. The maximum atomic E-state index is 6.63. The number of para-hydroxylation sites is 1. The van der Waals surface area contributed by atoms with Crippen LogP contribution in [0.3, 0.4) is 0 Å². The van der Waals surface area contributed by atoms with Gasteiger partial charge in [-0.25, -0.2) is 0 Å². The molecule has 290 valence electrons. The molecule has 12 aromatic rings. The van der Waals surface area contributed by atoms with Crippen molar-refractivity contribution in [2.75, 3.05) is 4.90 Å². The van der Waals surface area contributed by atoms with Crippen molar-refractivity contribution in [3.8, 4) is 22.3 Å². The molecule has 0 aliphatic heterocycles. The predicted octanol–water partition coefficient (Wildman–Crippen LogP) is 17.3. The average Bonchev–Trinajstić information content (AvgIpc) is 3.72. The normalized spacial score (nSPS) is 11.5. The van der Waals surface area contributed by atoms with Crippen LogP contribution in [-0.2, 0) is 0 Å². The Bertz CT molecular complexity index is 3640. The largest absolute Gasteiger partial charge is 0.456 e. The molecule has 2 heteroatoms. The van der Waals surface area contributed by atoms with Gasteiger partial charge in [0.1, 0.15) is 11.2 Å². The molecule has 0 aliphatic rings. The number of fused-ring (bicyclic) bond motifs is 13. The molecule has 1 aromatic heterocycles. The number of anilines is 3. The van der Waals surface area contributed by atoms with E-state index >= 15 is 0 Å². The highest BCUT2D eigenvalue weighted by Gasteiger charge is 2.17. The summed E-state index contributed by atoms with van der Waals surface area (Å²) in [5, 5.41) is 14.0. The number of benzene rings is 10. The molecule has 0 bridgehead atoms. The van der Waals surface area contributed by atoms with E-state index in [1.54, 1.807) is 0 Å². The fraction of sp³-hybridized carbons (Fsp3) is 0. The zero-order chi connectivity index (χ0) is 41.0. The summed E-state index contributed by atoms with van der Waals surface area (Å²) in [6.45, 7) is 0. The molecule has 62 heavy (non-hydrogen) atoms.